The van der Waals surface area contributed by atoms with Gasteiger partial charge in [-0.25, -0.2) is 0 Å². The first-order chi connectivity index (χ1) is 15.9. The third kappa shape index (κ3) is 38.9. The van der Waals surface area contributed by atoms with Gasteiger partial charge in [0.15, 0.2) is 0 Å². The van der Waals surface area contributed by atoms with Crippen LogP contribution in [0.2, 0.25) is 0 Å². The molecule has 33 heavy (non-hydrogen) atoms. The molecule has 0 aromatic rings. The first kappa shape index (κ1) is 36.9. The standard InChI is InChI=1S/C16H32O2.C8H18O3.C3H8O/c1-2-3-4-5-6-7-8-9-10-11-12-13-14-15-16(17)18;1-2-3-4-5-7(10)8(11)6-9;1-2-3-4/h2-15H2,1H3,(H,17,18);7-11H,2-6H2,1H3;4H,2-3H2,1H3. The number of aliphatic hydroxyl groups is 4. The van der Waals surface area contributed by atoms with E-state index in [0.29, 0.717) is 19.4 Å². The van der Waals surface area contributed by atoms with Crippen molar-refractivity contribution in [1.29, 1.82) is 0 Å². The van der Waals surface area contributed by atoms with Gasteiger partial charge >= 0.3 is 5.97 Å². The number of hydrogen-bond donors (Lipinski definition) is 5. The molecule has 0 bridgehead atoms. The highest BCUT2D eigenvalue weighted by Crippen LogP contribution is 2.12. The molecular weight excluding hydrogens is 420 g/mol. The van der Waals surface area contributed by atoms with Gasteiger partial charge in [0, 0.05) is 13.0 Å². The van der Waals surface area contributed by atoms with Crippen LogP contribution >= 0.6 is 0 Å². The molecule has 5 N–H and O–H groups in total. The molecule has 0 rings (SSSR count). The lowest BCUT2D eigenvalue weighted by Crippen LogP contribution is -2.28. The maximum absolute atomic E-state index is 10.3. The molecule has 0 aromatic carbocycles. The van der Waals surface area contributed by atoms with Crippen molar-refractivity contribution >= 4 is 5.97 Å². The Morgan fingerprint density at radius 2 is 0.939 bits per heavy atom. The van der Waals surface area contributed by atoms with Crippen molar-refractivity contribution in [1.82, 2.24) is 0 Å². The molecule has 6 heteroatoms. The van der Waals surface area contributed by atoms with Gasteiger partial charge in [-0.3, -0.25) is 4.79 Å². The summed E-state index contributed by atoms with van der Waals surface area (Å²) in [6.07, 6.45) is 20.1. The Morgan fingerprint density at radius 3 is 1.27 bits per heavy atom. The van der Waals surface area contributed by atoms with E-state index in [4.69, 9.17) is 25.5 Å². The Labute approximate surface area is 204 Å². The number of aliphatic carboxylic acids is 1. The zero-order valence-electron chi connectivity index (χ0n) is 22.1. The minimum absolute atomic E-state index is 0.319. The van der Waals surface area contributed by atoms with Gasteiger partial charge in [0.2, 0.25) is 0 Å². The molecular formula is C27H58O6. The van der Waals surface area contributed by atoms with Crippen molar-refractivity contribution in [2.75, 3.05) is 13.2 Å². The monoisotopic (exact) mass is 478 g/mol. The van der Waals surface area contributed by atoms with Gasteiger partial charge in [-0.2, -0.15) is 0 Å². The van der Waals surface area contributed by atoms with Crippen LogP contribution < -0.4 is 0 Å². The molecule has 0 aliphatic rings. The maximum Gasteiger partial charge on any atom is 0.303 e. The number of carboxylic acid groups (broad SMARTS) is 1. The summed E-state index contributed by atoms with van der Waals surface area (Å²) in [5.41, 5.74) is 0. The summed E-state index contributed by atoms with van der Waals surface area (Å²) in [7, 11) is 0. The van der Waals surface area contributed by atoms with Gasteiger partial charge in [-0.05, 0) is 19.3 Å². The second-order valence-corrected chi connectivity index (χ2v) is 8.92. The molecule has 0 heterocycles. The van der Waals surface area contributed by atoms with E-state index in [2.05, 4.69) is 13.8 Å². The third-order valence-electron chi connectivity index (χ3n) is 5.45. The zero-order chi connectivity index (χ0) is 25.6. The van der Waals surface area contributed by atoms with Gasteiger partial charge in [0.25, 0.3) is 0 Å². The summed E-state index contributed by atoms with van der Waals surface area (Å²) in [5.74, 6) is -0.655. The quantitative estimate of drug-likeness (QED) is 0.125. The first-order valence-corrected chi connectivity index (χ1v) is 13.7. The van der Waals surface area contributed by atoms with E-state index in [1.807, 2.05) is 6.92 Å². The minimum atomic E-state index is -0.966. The number of carbonyl (C=O) groups is 1. The Balaban J connectivity index is -0.000000507. The smallest absolute Gasteiger partial charge is 0.303 e. The minimum Gasteiger partial charge on any atom is -0.481 e. The number of unbranched alkanes of at least 4 members (excludes halogenated alkanes) is 14. The number of hydrogen-bond acceptors (Lipinski definition) is 5. The van der Waals surface area contributed by atoms with Crippen LogP contribution in [0.25, 0.3) is 0 Å². The van der Waals surface area contributed by atoms with Crippen LogP contribution in [0.5, 0.6) is 0 Å². The highest BCUT2D eigenvalue weighted by atomic mass is 16.4. The van der Waals surface area contributed by atoms with Gasteiger partial charge in [-0.15, -0.1) is 0 Å². The lowest BCUT2D eigenvalue weighted by atomic mass is 10.0. The van der Waals surface area contributed by atoms with Crippen molar-refractivity contribution in [3.63, 3.8) is 0 Å². The lowest BCUT2D eigenvalue weighted by molar-refractivity contribution is -0.137. The average Bonchev–Trinajstić information content (AvgIpc) is 2.82. The van der Waals surface area contributed by atoms with Crippen LogP contribution in [0.15, 0.2) is 0 Å². The molecule has 202 valence electrons. The summed E-state index contributed by atoms with van der Waals surface area (Å²) in [4.78, 5) is 10.3. The normalized spacial score (nSPS) is 12.2. The van der Waals surface area contributed by atoms with Crippen LogP contribution in [0.4, 0.5) is 0 Å². The van der Waals surface area contributed by atoms with Gasteiger partial charge in [0.05, 0.1) is 12.7 Å². The van der Waals surface area contributed by atoms with E-state index in [1.165, 1.54) is 70.6 Å². The molecule has 2 atom stereocenters. The fourth-order valence-corrected chi connectivity index (χ4v) is 3.21. The highest BCUT2D eigenvalue weighted by molar-refractivity contribution is 5.66. The molecule has 0 aliphatic carbocycles. The van der Waals surface area contributed by atoms with Crippen molar-refractivity contribution in [2.24, 2.45) is 0 Å². The van der Waals surface area contributed by atoms with Crippen LogP contribution in [-0.2, 0) is 4.79 Å². The van der Waals surface area contributed by atoms with E-state index in [-0.39, 0.29) is 6.61 Å². The van der Waals surface area contributed by atoms with Crippen LogP contribution in [0, 0.1) is 0 Å². The number of rotatable bonds is 21. The highest BCUT2D eigenvalue weighted by Gasteiger charge is 2.13. The zero-order valence-corrected chi connectivity index (χ0v) is 22.1. The predicted molar refractivity (Wildman–Crippen MR) is 139 cm³/mol. The van der Waals surface area contributed by atoms with Gasteiger partial charge < -0.3 is 25.5 Å². The summed E-state index contributed by atoms with van der Waals surface area (Å²) < 4.78 is 0. The molecule has 0 saturated heterocycles. The largest absolute Gasteiger partial charge is 0.481 e. The van der Waals surface area contributed by atoms with E-state index < -0.39 is 18.2 Å². The van der Waals surface area contributed by atoms with Crippen molar-refractivity contribution in [3.8, 4) is 0 Å². The summed E-state index contributed by atoms with van der Waals surface area (Å²) in [6.45, 7) is 6.23. The number of carboxylic acids is 1. The topological polar surface area (TPSA) is 118 Å². The maximum atomic E-state index is 10.3. The fourth-order valence-electron chi connectivity index (χ4n) is 3.21. The van der Waals surface area contributed by atoms with Crippen molar-refractivity contribution < 1.29 is 30.3 Å². The fraction of sp³-hybridized carbons (Fsp3) is 0.963. The Kier molecular flexibility index (Phi) is 37.4. The Bertz CT molecular complexity index is 350. The first-order valence-electron chi connectivity index (χ1n) is 13.7. The van der Waals surface area contributed by atoms with E-state index in [9.17, 15) is 4.79 Å². The molecule has 0 aromatic heterocycles. The molecule has 0 radical (unpaired) electrons. The average molecular weight is 479 g/mol. The van der Waals surface area contributed by atoms with Gasteiger partial charge in [0.1, 0.15) is 6.10 Å². The SMILES string of the molecule is CCCCCC(O)C(O)CO.CCCCCCCCCCCCCCCC(=O)O.CCCO. The molecule has 0 fully saturated rings. The van der Waals surface area contributed by atoms with Crippen LogP contribution in [0.3, 0.4) is 0 Å². The van der Waals surface area contributed by atoms with E-state index in [0.717, 1.165) is 38.5 Å². The molecule has 0 saturated carbocycles. The van der Waals surface area contributed by atoms with Crippen molar-refractivity contribution in [3.05, 3.63) is 0 Å². The second-order valence-electron chi connectivity index (χ2n) is 8.92. The second kappa shape index (κ2) is 33.5. The lowest BCUT2D eigenvalue weighted by Gasteiger charge is -2.14. The van der Waals surface area contributed by atoms with E-state index >= 15 is 0 Å². The summed E-state index contributed by atoms with van der Waals surface area (Å²) in [5, 5.41) is 42.9. The molecule has 6 nitrogen and oxygen atoms in total. The summed E-state index contributed by atoms with van der Waals surface area (Å²) >= 11 is 0. The Morgan fingerprint density at radius 1 is 0.576 bits per heavy atom. The number of aliphatic hydroxyl groups excluding tert-OH is 4. The molecule has 0 amide bonds. The third-order valence-corrected chi connectivity index (χ3v) is 5.45. The van der Waals surface area contributed by atoms with E-state index in [1.54, 1.807) is 0 Å². The molecule has 2 unspecified atom stereocenters. The van der Waals surface area contributed by atoms with Crippen molar-refractivity contribution in [2.45, 2.75) is 155 Å². The Hall–Kier alpha value is -0.690. The van der Waals surface area contributed by atoms with Crippen LogP contribution in [0.1, 0.15) is 143 Å². The van der Waals surface area contributed by atoms with Gasteiger partial charge in [-0.1, -0.05) is 117 Å². The van der Waals surface area contributed by atoms with Crippen LogP contribution in [-0.4, -0.2) is 56.9 Å². The molecule has 0 aliphatic heterocycles. The molecule has 0 spiro atoms. The predicted octanol–water partition coefficient (Wildman–Crippen LogP) is 6.22. The summed E-state index contributed by atoms with van der Waals surface area (Å²) in [6, 6.07) is 0.